The zero-order chi connectivity index (χ0) is 13.7. The Kier molecular flexibility index (Phi) is 4.93. The second-order valence-electron chi connectivity index (χ2n) is 5.02. The molecule has 1 heterocycles. The van der Waals surface area contributed by atoms with Gasteiger partial charge in [0.05, 0.1) is 0 Å². The average Bonchev–Trinajstić information content (AvgIpc) is 2.61. The highest BCUT2D eigenvalue weighted by atomic mass is 16.4. The molecule has 0 aliphatic carbocycles. The molecule has 1 unspecified atom stereocenters. The van der Waals surface area contributed by atoms with Gasteiger partial charge in [-0.1, -0.05) is 31.2 Å². The number of nitrogens with zero attached hydrogens (tertiary/aromatic N) is 1. The molecule has 104 valence electrons. The van der Waals surface area contributed by atoms with Crippen LogP contribution in [0.25, 0.3) is 0 Å². The molecule has 0 saturated heterocycles. The second-order valence-corrected chi connectivity index (χ2v) is 5.02. The number of nitrogens with one attached hydrogen (secondary N) is 1. The van der Waals surface area contributed by atoms with Gasteiger partial charge in [0.25, 0.3) is 0 Å². The molecule has 1 aromatic rings. The molecule has 0 bridgehead atoms. The van der Waals surface area contributed by atoms with Crippen molar-refractivity contribution in [3.05, 3.63) is 35.4 Å². The Bertz CT molecular complexity index is 407. The first-order valence-corrected chi connectivity index (χ1v) is 6.96. The molecular formula is C15H22N2O2. The first kappa shape index (κ1) is 14.0. The lowest BCUT2D eigenvalue weighted by Gasteiger charge is -2.24. The van der Waals surface area contributed by atoms with Crippen molar-refractivity contribution in [1.29, 1.82) is 0 Å². The van der Waals surface area contributed by atoms with Crippen LogP contribution in [0.1, 0.15) is 18.1 Å². The predicted molar refractivity (Wildman–Crippen MR) is 75.4 cm³/mol. The minimum atomic E-state index is -0.761. The van der Waals surface area contributed by atoms with Crippen LogP contribution in [0.2, 0.25) is 0 Å². The molecule has 1 aromatic carbocycles. The van der Waals surface area contributed by atoms with Gasteiger partial charge in [0.1, 0.15) is 6.04 Å². The summed E-state index contributed by atoms with van der Waals surface area (Å²) < 4.78 is 0. The fourth-order valence-corrected chi connectivity index (χ4v) is 2.63. The highest BCUT2D eigenvalue weighted by Gasteiger charge is 2.21. The maximum Gasteiger partial charge on any atom is 0.322 e. The van der Waals surface area contributed by atoms with E-state index in [2.05, 4.69) is 34.5 Å². The van der Waals surface area contributed by atoms with Crippen LogP contribution in [0.5, 0.6) is 0 Å². The van der Waals surface area contributed by atoms with Crippen molar-refractivity contribution in [2.75, 3.05) is 26.2 Å². The minimum absolute atomic E-state index is 0.466. The SMILES string of the molecule is CCNC(CN1CCc2ccccc2CC1)C(=O)O. The number of likely N-dealkylation sites (N-methyl/N-ethyl adjacent to an activating group) is 1. The summed E-state index contributed by atoms with van der Waals surface area (Å²) in [6, 6.07) is 8.04. The zero-order valence-electron chi connectivity index (χ0n) is 11.4. The van der Waals surface area contributed by atoms with E-state index in [1.54, 1.807) is 0 Å². The van der Waals surface area contributed by atoms with Gasteiger partial charge >= 0.3 is 5.97 Å². The maximum absolute atomic E-state index is 11.2. The number of hydrogen-bond acceptors (Lipinski definition) is 3. The molecule has 1 aliphatic rings. The van der Waals surface area contributed by atoms with Gasteiger partial charge < -0.3 is 15.3 Å². The predicted octanol–water partition coefficient (Wildman–Crippen LogP) is 1.15. The van der Waals surface area contributed by atoms with Crippen LogP contribution in [-0.2, 0) is 17.6 Å². The van der Waals surface area contributed by atoms with Crippen molar-refractivity contribution < 1.29 is 9.90 Å². The topological polar surface area (TPSA) is 52.6 Å². The van der Waals surface area contributed by atoms with Gasteiger partial charge in [-0.05, 0) is 30.5 Å². The smallest absolute Gasteiger partial charge is 0.322 e. The van der Waals surface area contributed by atoms with Gasteiger partial charge in [0.2, 0.25) is 0 Å². The Morgan fingerprint density at radius 3 is 2.37 bits per heavy atom. The van der Waals surface area contributed by atoms with Gasteiger partial charge in [0, 0.05) is 19.6 Å². The molecule has 0 aromatic heterocycles. The van der Waals surface area contributed by atoms with Crippen molar-refractivity contribution in [3.63, 3.8) is 0 Å². The first-order valence-electron chi connectivity index (χ1n) is 6.96. The molecule has 0 amide bonds. The van der Waals surface area contributed by atoms with Gasteiger partial charge in [-0.2, -0.15) is 0 Å². The largest absolute Gasteiger partial charge is 0.480 e. The van der Waals surface area contributed by atoms with E-state index in [4.69, 9.17) is 0 Å². The fourth-order valence-electron chi connectivity index (χ4n) is 2.63. The highest BCUT2D eigenvalue weighted by Crippen LogP contribution is 2.15. The molecule has 2 rings (SSSR count). The highest BCUT2D eigenvalue weighted by molar-refractivity contribution is 5.73. The lowest BCUT2D eigenvalue weighted by molar-refractivity contribution is -0.140. The first-order chi connectivity index (χ1) is 9.20. The summed E-state index contributed by atoms with van der Waals surface area (Å²) in [7, 11) is 0. The summed E-state index contributed by atoms with van der Waals surface area (Å²) in [5.41, 5.74) is 2.81. The molecular weight excluding hydrogens is 240 g/mol. The molecule has 0 saturated carbocycles. The Morgan fingerprint density at radius 2 is 1.89 bits per heavy atom. The van der Waals surface area contributed by atoms with E-state index in [1.165, 1.54) is 11.1 Å². The summed E-state index contributed by atoms with van der Waals surface area (Å²) in [6.45, 7) is 5.08. The van der Waals surface area contributed by atoms with Crippen LogP contribution in [0.15, 0.2) is 24.3 Å². The third-order valence-corrected chi connectivity index (χ3v) is 3.70. The van der Waals surface area contributed by atoms with Crippen LogP contribution in [0.4, 0.5) is 0 Å². The summed E-state index contributed by atoms with van der Waals surface area (Å²) >= 11 is 0. The van der Waals surface area contributed by atoms with E-state index < -0.39 is 12.0 Å². The van der Waals surface area contributed by atoms with E-state index in [0.717, 1.165) is 25.9 Å². The number of hydrogen-bond donors (Lipinski definition) is 2. The van der Waals surface area contributed by atoms with Crippen molar-refractivity contribution in [3.8, 4) is 0 Å². The number of rotatable bonds is 5. The van der Waals surface area contributed by atoms with Crippen molar-refractivity contribution in [2.45, 2.75) is 25.8 Å². The number of carboxylic acid groups (broad SMARTS) is 1. The maximum atomic E-state index is 11.2. The van der Waals surface area contributed by atoms with Crippen LogP contribution >= 0.6 is 0 Å². The Hall–Kier alpha value is -1.39. The minimum Gasteiger partial charge on any atom is -0.480 e. The molecule has 4 heteroatoms. The molecule has 1 aliphatic heterocycles. The van der Waals surface area contributed by atoms with Gasteiger partial charge in [0.15, 0.2) is 0 Å². The van der Waals surface area contributed by atoms with E-state index in [9.17, 15) is 9.90 Å². The molecule has 1 atom stereocenters. The van der Waals surface area contributed by atoms with Gasteiger partial charge in [-0.25, -0.2) is 0 Å². The van der Waals surface area contributed by atoms with Crippen LogP contribution in [0, 0.1) is 0 Å². The van der Waals surface area contributed by atoms with Crippen molar-refractivity contribution in [2.24, 2.45) is 0 Å². The number of aliphatic carboxylic acids is 1. The summed E-state index contributed by atoms with van der Waals surface area (Å²) in [4.78, 5) is 13.4. The van der Waals surface area contributed by atoms with E-state index >= 15 is 0 Å². The summed E-state index contributed by atoms with van der Waals surface area (Å²) in [5.74, 6) is -0.761. The monoisotopic (exact) mass is 262 g/mol. The number of carbonyl (C=O) groups is 1. The van der Waals surface area contributed by atoms with Crippen molar-refractivity contribution >= 4 is 5.97 Å². The zero-order valence-corrected chi connectivity index (χ0v) is 11.4. The standard InChI is InChI=1S/C15H22N2O2/c1-2-16-14(15(18)19)11-17-9-7-12-5-3-4-6-13(12)8-10-17/h3-6,14,16H,2,7-11H2,1H3,(H,18,19). The quantitative estimate of drug-likeness (QED) is 0.836. The van der Waals surface area contributed by atoms with Gasteiger partial charge in [-0.3, -0.25) is 4.79 Å². The lowest BCUT2D eigenvalue weighted by Crippen LogP contribution is -2.46. The number of fused-ring (bicyclic) bond motifs is 1. The molecule has 2 N–H and O–H groups in total. The Labute approximate surface area is 114 Å². The lowest BCUT2D eigenvalue weighted by atomic mass is 10.0. The Morgan fingerprint density at radius 1 is 1.32 bits per heavy atom. The van der Waals surface area contributed by atoms with Crippen LogP contribution < -0.4 is 5.32 Å². The van der Waals surface area contributed by atoms with Crippen LogP contribution in [-0.4, -0.2) is 48.2 Å². The number of carboxylic acids is 1. The molecule has 4 nitrogen and oxygen atoms in total. The molecule has 0 fully saturated rings. The molecule has 0 radical (unpaired) electrons. The van der Waals surface area contributed by atoms with Gasteiger partial charge in [-0.15, -0.1) is 0 Å². The molecule has 19 heavy (non-hydrogen) atoms. The fraction of sp³-hybridized carbons (Fsp3) is 0.533. The second kappa shape index (κ2) is 6.68. The van der Waals surface area contributed by atoms with E-state index in [0.29, 0.717) is 13.1 Å². The number of benzene rings is 1. The normalized spacial score (nSPS) is 17.5. The third-order valence-electron chi connectivity index (χ3n) is 3.70. The summed E-state index contributed by atoms with van der Waals surface area (Å²) in [6.07, 6.45) is 2.02. The van der Waals surface area contributed by atoms with E-state index in [-0.39, 0.29) is 0 Å². The van der Waals surface area contributed by atoms with Crippen LogP contribution in [0.3, 0.4) is 0 Å². The summed E-state index contributed by atoms with van der Waals surface area (Å²) in [5, 5.41) is 12.2. The van der Waals surface area contributed by atoms with Crippen molar-refractivity contribution in [1.82, 2.24) is 10.2 Å². The molecule has 0 spiro atoms. The third kappa shape index (κ3) is 3.78. The Balaban J connectivity index is 1.96. The van der Waals surface area contributed by atoms with E-state index in [1.807, 2.05) is 6.92 Å². The average molecular weight is 262 g/mol.